The van der Waals surface area contributed by atoms with Crippen LogP contribution in [-0.4, -0.2) is 64.3 Å². The van der Waals surface area contributed by atoms with Crippen LogP contribution in [0.2, 0.25) is 0 Å². The first kappa shape index (κ1) is 21.3. The average molecular weight is 412 g/mol. The third-order valence-corrected chi connectivity index (χ3v) is 7.02. The van der Waals surface area contributed by atoms with Crippen LogP contribution in [0, 0.1) is 0 Å². The molecule has 3 aliphatic rings. The molecule has 4 rings (SSSR count). The number of piperazine rings is 1. The summed E-state index contributed by atoms with van der Waals surface area (Å²) in [6.45, 7) is 3.60. The van der Waals surface area contributed by atoms with Gasteiger partial charge in [-0.25, -0.2) is 9.80 Å². The van der Waals surface area contributed by atoms with Gasteiger partial charge < -0.3 is 4.90 Å². The van der Waals surface area contributed by atoms with E-state index in [1.807, 2.05) is 29.4 Å². The molecule has 1 saturated heterocycles. The summed E-state index contributed by atoms with van der Waals surface area (Å²) in [6.07, 6.45) is 20.0. The number of hydrogen-bond donors (Lipinski definition) is 0. The second kappa shape index (κ2) is 10.9. The smallest absolute Gasteiger partial charge is 0.321 e. The highest BCUT2D eigenvalue weighted by atomic mass is 16.2. The Labute approximate surface area is 181 Å². The SMILES string of the molecule is O=C(N1CCN(C2CCCCCCCCCC2)CC1)N1N=CCC1c1cccnc1. The number of carbonyl (C=O) groups is 1. The lowest BCUT2D eigenvalue weighted by molar-refractivity contribution is 0.0793. The third-order valence-electron chi connectivity index (χ3n) is 7.02. The van der Waals surface area contributed by atoms with Crippen molar-refractivity contribution in [1.29, 1.82) is 0 Å². The van der Waals surface area contributed by atoms with Gasteiger partial charge >= 0.3 is 6.03 Å². The van der Waals surface area contributed by atoms with E-state index >= 15 is 0 Å². The topological polar surface area (TPSA) is 52.0 Å². The number of nitrogens with zero attached hydrogens (tertiary/aromatic N) is 5. The molecule has 1 atom stereocenters. The first-order valence-electron chi connectivity index (χ1n) is 12.1. The van der Waals surface area contributed by atoms with Gasteiger partial charge in [-0.3, -0.25) is 9.88 Å². The zero-order chi connectivity index (χ0) is 20.6. The van der Waals surface area contributed by atoms with Crippen LogP contribution in [-0.2, 0) is 0 Å². The van der Waals surface area contributed by atoms with Crippen molar-refractivity contribution in [2.24, 2.45) is 5.10 Å². The maximum atomic E-state index is 13.2. The Morgan fingerprint density at radius 2 is 1.57 bits per heavy atom. The first-order valence-corrected chi connectivity index (χ1v) is 12.1. The molecule has 1 saturated carbocycles. The summed E-state index contributed by atoms with van der Waals surface area (Å²) in [5.41, 5.74) is 1.06. The van der Waals surface area contributed by atoms with Gasteiger partial charge in [-0.15, -0.1) is 0 Å². The fraction of sp³-hybridized carbons (Fsp3) is 0.708. The highest BCUT2D eigenvalue weighted by molar-refractivity contribution is 5.78. The van der Waals surface area contributed by atoms with Crippen LogP contribution in [0.5, 0.6) is 0 Å². The standard InChI is InChI=1S/C24H37N5O/c30-24(29-23(13-15-26-29)21-10-9-14-25-20-21)28-18-16-27(17-19-28)22-11-7-5-3-1-2-4-6-8-12-22/h9-10,14-15,20,22-23H,1-8,11-13,16-19H2. The second-order valence-corrected chi connectivity index (χ2v) is 9.05. The molecule has 1 aromatic heterocycles. The minimum absolute atomic E-state index is 0.0218. The van der Waals surface area contributed by atoms with Crippen molar-refractivity contribution in [3.05, 3.63) is 30.1 Å². The van der Waals surface area contributed by atoms with Gasteiger partial charge in [-0.2, -0.15) is 5.10 Å². The van der Waals surface area contributed by atoms with Crippen LogP contribution in [0.25, 0.3) is 0 Å². The number of carbonyl (C=O) groups excluding carboxylic acids is 1. The number of aromatic nitrogens is 1. The van der Waals surface area contributed by atoms with Crippen molar-refractivity contribution in [3.8, 4) is 0 Å². The van der Waals surface area contributed by atoms with Gasteiger partial charge in [0.05, 0.1) is 6.04 Å². The van der Waals surface area contributed by atoms with Crippen LogP contribution in [0.4, 0.5) is 4.79 Å². The van der Waals surface area contributed by atoms with Gasteiger partial charge in [-0.05, 0) is 24.5 Å². The molecule has 6 nitrogen and oxygen atoms in total. The number of urea groups is 1. The van der Waals surface area contributed by atoms with E-state index in [1.54, 1.807) is 11.2 Å². The second-order valence-electron chi connectivity index (χ2n) is 9.05. The lowest BCUT2D eigenvalue weighted by Gasteiger charge is -2.40. The Morgan fingerprint density at radius 1 is 0.900 bits per heavy atom. The fourth-order valence-corrected chi connectivity index (χ4v) is 5.20. The van der Waals surface area contributed by atoms with Crippen LogP contribution < -0.4 is 0 Å². The number of amides is 2. The van der Waals surface area contributed by atoms with E-state index in [1.165, 1.54) is 64.2 Å². The Balaban J connectivity index is 1.31. The van der Waals surface area contributed by atoms with Gasteiger partial charge in [0.1, 0.15) is 0 Å². The van der Waals surface area contributed by atoms with E-state index in [0.29, 0.717) is 6.04 Å². The van der Waals surface area contributed by atoms with Gasteiger partial charge in [0.2, 0.25) is 0 Å². The molecular formula is C24H37N5O. The number of pyridine rings is 1. The molecule has 0 bridgehead atoms. The zero-order valence-electron chi connectivity index (χ0n) is 18.3. The third kappa shape index (κ3) is 5.39. The number of rotatable bonds is 2. The van der Waals surface area contributed by atoms with Gasteiger partial charge in [-0.1, -0.05) is 57.4 Å². The summed E-state index contributed by atoms with van der Waals surface area (Å²) < 4.78 is 0. The summed E-state index contributed by atoms with van der Waals surface area (Å²) in [6, 6.07) is 4.68. The predicted octanol–water partition coefficient (Wildman–Crippen LogP) is 4.84. The Morgan fingerprint density at radius 3 is 2.20 bits per heavy atom. The van der Waals surface area contributed by atoms with E-state index < -0.39 is 0 Å². The molecule has 3 heterocycles. The summed E-state index contributed by atoms with van der Waals surface area (Å²) in [5.74, 6) is 0. The van der Waals surface area contributed by atoms with Crippen molar-refractivity contribution in [1.82, 2.24) is 19.8 Å². The highest BCUT2D eigenvalue weighted by Gasteiger charge is 2.34. The van der Waals surface area contributed by atoms with Crippen molar-refractivity contribution < 1.29 is 4.79 Å². The van der Waals surface area contributed by atoms with E-state index in [2.05, 4.69) is 15.0 Å². The molecule has 1 aromatic rings. The van der Waals surface area contributed by atoms with Crippen molar-refractivity contribution in [3.63, 3.8) is 0 Å². The quantitative estimate of drug-likeness (QED) is 0.700. The molecule has 6 heteroatoms. The van der Waals surface area contributed by atoms with Crippen molar-refractivity contribution in [2.75, 3.05) is 26.2 Å². The molecule has 0 aromatic carbocycles. The monoisotopic (exact) mass is 411 g/mol. The minimum Gasteiger partial charge on any atom is -0.321 e. The molecule has 0 N–H and O–H groups in total. The summed E-state index contributed by atoms with van der Waals surface area (Å²) >= 11 is 0. The van der Waals surface area contributed by atoms with Crippen LogP contribution in [0.1, 0.15) is 82.2 Å². The zero-order valence-corrected chi connectivity index (χ0v) is 18.3. The van der Waals surface area contributed by atoms with Gasteiger partial charge in [0.15, 0.2) is 0 Å². The molecule has 2 fully saturated rings. The van der Waals surface area contributed by atoms with Crippen LogP contribution in [0.15, 0.2) is 29.6 Å². The molecule has 0 radical (unpaired) electrons. The molecule has 30 heavy (non-hydrogen) atoms. The first-order chi connectivity index (χ1) is 14.8. The summed E-state index contributed by atoms with van der Waals surface area (Å²) in [4.78, 5) is 22.1. The predicted molar refractivity (Wildman–Crippen MR) is 120 cm³/mol. The minimum atomic E-state index is -0.0218. The van der Waals surface area contributed by atoms with E-state index in [0.717, 1.165) is 38.2 Å². The average Bonchev–Trinajstić information content (AvgIpc) is 3.26. The van der Waals surface area contributed by atoms with E-state index in [-0.39, 0.29) is 12.1 Å². The molecule has 1 unspecified atom stereocenters. The maximum Gasteiger partial charge on any atom is 0.341 e. The molecule has 0 spiro atoms. The summed E-state index contributed by atoms with van der Waals surface area (Å²) in [5, 5.41) is 6.07. The largest absolute Gasteiger partial charge is 0.341 e. The van der Waals surface area contributed by atoms with Crippen molar-refractivity contribution >= 4 is 12.2 Å². The Kier molecular flexibility index (Phi) is 7.73. The van der Waals surface area contributed by atoms with Crippen LogP contribution >= 0.6 is 0 Å². The van der Waals surface area contributed by atoms with Gasteiger partial charge in [0, 0.05) is 57.2 Å². The highest BCUT2D eigenvalue weighted by Crippen LogP contribution is 2.29. The molecular weight excluding hydrogens is 374 g/mol. The lowest BCUT2D eigenvalue weighted by atomic mass is 10.0. The van der Waals surface area contributed by atoms with Gasteiger partial charge in [0.25, 0.3) is 0 Å². The Bertz CT molecular complexity index is 674. The molecule has 2 amide bonds. The van der Waals surface area contributed by atoms with Crippen molar-refractivity contribution in [2.45, 2.75) is 82.7 Å². The number of hydrazone groups is 1. The molecule has 2 aliphatic heterocycles. The molecule has 1 aliphatic carbocycles. The Hall–Kier alpha value is -1.95. The normalized spacial score (nSPS) is 25.3. The van der Waals surface area contributed by atoms with E-state index in [9.17, 15) is 4.79 Å². The maximum absolute atomic E-state index is 13.2. The van der Waals surface area contributed by atoms with Crippen LogP contribution in [0.3, 0.4) is 0 Å². The summed E-state index contributed by atoms with van der Waals surface area (Å²) in [7, 11) is 0. The fourth-order valence-electron chi connectivity index (χ4n) is 5.20. The van der Waals surface area contributed by atoms with E-state index in [4.69, 9.17) is 0 Å². The lowest BCUT2D eigenvalue weighted by Crippen LogP contribution is -2.54. The number of hydrogen-bond acceptors (Lipinski definition) is 4. The molecule has 164 valence electrons.